The lowest BCUT2D eigenvalue weighted by molar-refractivity contribution is -0.141. The minimum atomic E-state index is -0.633. The van der Waals surface area contributed by atoms with Crippen molar-refractivity contribution < 1.29 is 23.1 Å². The summed E-state index contributed by atoms with van der Waals surface area (Å²) in [7, 11) is 0. The number of benzene rings is 2. The summed E-state index contributed by atoms with van der Waals surface area (Å²) in [6.07, 6.45) is 0.995. The van der Waals surface area contributed by atoms with Crippen LogP contribution in [0, 0.1) is 17.6 Å². The number of halogens is 3. The normalized spacial score (nSPS) is 18.3. The molecule has 2 heterocycles. The highest BCUT2D eigenvalue weighted by Gasteiger charge is 2.31. The number of rotatable bonds is 7. The molecule has 1 unspecified atom stereocenters. The molecule has 0 N–H and O–H groups in total. The van der Waals surface area contributed by atoms with Crippen LogP contribution in [0.5, 0.6) is 0 Å². The summed E-state index contributed by atoms with van der Waals surface area (Å²) in [5.41, 5.74) is 0.773. The van der Waals surface area contributed by atoms with Crippen molar-refractivity contribution in [3.05, 3.63) is 70.2 Å². The lowest BCUT2D eigenvalue weighted by Crippen LogP contribution is -2.52. The van der Waals surface area contributed by atoms with Gasteiger partial charge < -0.3 is 14.5 Å². The second kappa shape index (κ2) is 12.1. The van der Waals surface area contributed by atoms with E-state index in [2.05, 4.69) is 4.90 Å². The Bertz CT molecular complexity index is 1030. The SMILES string of the molecule is CC(=O)N1CCC(C(=O)N2CCN(CC(OCc3c(F)cccc3F)c3ccc(Cl)cc3)CC2)CC1. The lowest BCUT2D eigenvalue weighted by Gasteiger charge is -2.39. The number of piperidine rings is 1. The topological polar surface area (TPSA) is 53.1 Å². The highest BCUT2D eigenvalue weighted by molar-refractivity contribution is 6.30. The fourth-order valence-corrected chi connectivity index (χ4v) is 5.00. The molecule has 2 aromatic carbocycles. The maximum atomic E-state index is 14.1. The summed E-state index contributed by atoms with van der Waals surface area (Å²) in [6, 6.07) is 11.0. The first-order valence-electron chi connectivity index (χ1n) is 12.4. The first kappa shape index (κ1) is 26.5. The van der Waals surface area contributed by atoms with Crippen molar-refractivity contribution in [2.45, 2.75) is 32.5 Å². The first-order valence-corrected chi connectivity index (χ1v) is 12.8. The third-order valence-corrected chi connectivity index (χ3v) is 7.38. The van der Waals surface area contributed by atoms with Crippen LogP contribution >= 0.6 is 11.6 Å². The van der Waals surface area contributed by atoms with Gasteiger partial charge in [0.2, 0.25) is 11.8 Å². The van der Waals surface area contributed by atoms with Crippen molar-refractivity contribution in [2.24, 2.45) is 5.92 Å². The molecule has 2 saturated heterocycles. The number of hydrogen-bond donors (Lipinski definition) is 0. The summed E-state index contributed by atoms with van der Waals surface area (Å²) < 4.78 is 34.3. The largest absolute Gasteiger partial charge is 0.367 e. The van der Waals surface area contributed by atoms with Crippen molar-refractivity contribution >= 4 is 23.4 Å². The number of hydrogen-bond acceptors (Lipinski definition) is 4. The Balaban J connectivity index is 1.34. The van der Waals surface area contributed by atoms with Crippen LogP contribution in [-0.4, -0.2) is 72.3 Å². The molecule has 2 fully saturated rings. The number of piperazine rings is 1. The van der Waals surface area contributed by atoms with Crippen molar-refractivity contribution in [3.8, 4) is 0 Å². The molecule has 2 aromatic rings. The lowest BCUT2D eigenvalue weighted by atomic mass is 9.95. The van der Waals surface area contributed by atoms with Gasteiger partial charge in [0.05, 0.1) is 12.7 Å². The van der Waals surface area contributed by atoms with Gasteiger partial charge in [-0.3, -0.25) is 14.5 Å². The Morgan fingerprint density at radius 3 is 2.14 bits per heavy atom. The minimum Gasteiger partial charge on any atom is -0.367 e. The molecular weight excluding hydrogens is 488 g/mol. The molecule has 9 heteroatoms. The van der Waals surface area contributed by atoms with Crippen LogP contribution in [-0.2, 0) is 20.9 Å². The predicted molar refractivity (Wildman–Crippen MR) is 133 cm³/mol. The van der Waals surface area contributed by atoms with E-state index in [0.717, 1.165) is 5.56 Å². The molecular formula is C27H32ClF2N3O3. The quantitative estimate of drug-likeness (QED) is 0.548. The summed E-state index contributed by atoms with van der Waals surface area (Å²) in [6.45, 7) is 5.75. The Kier molecular flexibility index (Phi) is 8.93. The van der Waals surface area contributed by atoms with E-state index >= 15 is 0 Å². The van der Waals surface area contributed by atoms with Crippen LogP contribution in [0.3, 0.4) is 0 Å². The van der Waals surface area contributed by atoms with E-state index in [1.54, 1.807) is 24.0 Å². The average molecular weight is 520 g/mol. The molecule has 0 aliphatic carbocycles. The average Bonchev–Trinajstić information content (AvgIpc) is 2.88. The molecule has 194 valence electrons. The van der Waals surface area contributed by atoms with Gasteiger partial charge in [-0.1, -0.05) is 29.8 Å². The van der Waals surface area contributed by atoms with Crippen LogP contribution < -0.4 is 0 Å². The number of ether oxygens (including phenoxy) is 1. The van der Waals surface area contributed by atoms with E-state index in [0.29, 0.717) is 63.7 Å². The van der Waals surface area contributed by atoms with E-state index in [1.807, 2.05) is 17.0 Å². The fraction of sp³-hybridized carbons (Fsp3) is 0.481. The summed E-state index contributed by atoms with van der Waals surface area (Å²) in [4.78, 5) is 30.5. The van der Waals surface area contributed by atoms with Crippen LogP contribution in [0.15, 0.2) is 42.5 Å². The molecule has 1 atom stereocenters. The third kappa shape index (κ3) is 6.60. The highest BCUT2D eigenvalue weighted by atomic mass is 35.5. The maximum Gasteiger partial charge on any atom is 0.225 e. The van der Waals surface area contributed by atoms with Crippen molar-refractivity contribution in [3.63, 3.8) is 0 Å². The molecule has 0 radical (unpaired) electrons. The second-order valence-corrected chi connectivity index (χ2v) is 9.89. The van der Waals surface area contributed by atoms with Crippen molar-refractivity contribution in [1.29, 1.82) is 0 Å². The number of carbonyl (C=O) groups excluding carboxylic acids is 2. The maximum absolute atomic E-state index is 14.1. The molecule has 0 aromatic heterocycles. The minimum absolute atomic E-state index is 0.0343. The number of carbonyl (C=O) groups is 2. The van der Waals surface area contributed by atoms with Crippen LogP contribution in [0.4, 0.5) is 8.78 Å². The second-order valence-electron chi connectivity index (χ2n) is 9.46. The smallest absolute Gasteiger partial charge is 0.225 e. The van der Waals surface area contributed by atoms with Gasteiger partial charge in [-0.25, -0.2) is 8.78 Å². The van der Waals surface area contributed by atoms with Gasteiger partial charge in [-0.2, -0.15) is 0 Å². The van der Waals surface area contributed by atoms with Crippen molar-refractivity contribution in [2.75, 3.05) is 45.8 Å². The molecule has 4 rings (SSSR count). The van der Waals surface area contributed by atoms with Crippen molar-refractivity contribution in [1.82, 2.24) is 14.7 Å². The molecule has 0 saturated carbocycles. The zero-order chi connectivity index (χ0) is 25.7. The van der Waals surface area contributed by atoms with Gasteiger partial charge in [0.25, 0.3) is 0 Å². The molecule has 2 aliphatic heterocycles. The van der Waals surface area contributed by atoms with E-state index in [-0.39, 0.29) is 29.9 Å². The fourth-order valence-electron chi connectivity index (χ4n) is 4.87. The molecule has 0 spiro atoms. The van der Waals surface area contributed by atoms with Crippen LogP contribution in [0.25, 0.3) is 0 Å². The zero-order valence-corrected chi connectivity index (χ0v) is 21.2. The predicted octanol–water partition coefficient (Wildman–Crippen LogP) is 4.28. The number of amides is 2. The van der Waals surface area contributed by atoms with Gasteiger partial charge in [-0.15, -0.1) is 0 Å². The van der Waals surface area contributed by atoms with Gasteiger partial charge in [-0.05, 0) is 42.7 Å². The number of likely N-dealkylation sites (tertiary alicyclic amines) is 1. The molecule has 6 nitrogen and oxygen atoms in total. The van der Waals surface area contributed by atoms with Gasteiger partial charge in [0.1, 0.15) is 11.6 Å². The third-order valence-electron chi connectivity index (χ3n) is 7.13. The van der Waals surface area contributed by atoms with Gasteiger partial charge in [0, 0.05) is 69.2 Å². The van der Waals surface area contributed by atoms with Crippen LogP contribution in [0.1, 0.15) is 37.0 Å². The summed E-state index contributed by atoms with van der Waals surface area (Å²) >= 11 is 6.05. The Morgan fingerprint density at radius 2 is 1.56 bits per heavy atom. The van der Waals surface area contributed by atoms with Gasteiger partial charge in [0.15, 0.2) is 0 Å². The Morgan fingerprint density at radius 1 is 0.944 bits per heavy atom. The standard InChI is InChI=1S/C27H32ClF2N3O3/c1-19(34)32-11-9-21(10-12-32)27(35)33-15-13-31(14-16-33)17-26(20-5-7-22(28)8-6-20)36-18-23-24(29)3-2-4-25(23)30/h2-8,21,26H,9-18H2,1H3. The van der Waals surface area contributed by atoms with E-state index in [9.17, 15) is 18.4 Å². The Hall–Kier alpha value is -2.55. The van der Waals surface area contributed by atoms with E-state index < -0.39 is 17.7 Å². The highest BCUT2D eigenvalue weighted by Crippen LogP contribution is 2.26. The van der Waals surface area contributed by atoms with Crippen LogP contribution in [0.2, 0.25) is 5.02 Å². The zero-order valence-electron chi connectivity index (χ0n) is 20.5. The Labute approximate surface area is 215 Å². The molecule has 2 aliphatic rings. The van der Waals surface area contributed by atoms with Gasteiger partial charge >= 0.3 is 0 Å². The molecule has 0 bridgehead atoms. The summed E-state index contributed by atoms with van der Waals surface area (Å²) in [5, 5.41) is 0.596. The number of nitrogens with zero attached hydrogens (tertiary/aromatic N) is 3. The first-order chi connectivity index (χ1) is 17.3. The molecule has 2 amide bonds. The van der Waals surface area contributed by atoms with E-state index in [4.69, 9.17) is 16.3 Å². The molecule has 36 heavy (non-hydrogen) atoms. The summed E-state index contributed by atoms with van der Waals surface area (Å²) in [5.74, 6) is -1.08. The van der Waals surface area contributed by atoms with E-state index in [1.165, 1.54) is 18.2 Å². The monoisotopic (exact) mass is 519 g/mol.